The lowest BCUT2D eigenvalue weighted by atomic mass is 10.1. The zero-order valence-corrected chi connectivity index (χ0v) is 14.3. The van der Waals surface area contributed by atoms with Crippen LogP contribution < -0.4 is 4.72 Å². The minimum Gasteiger partial charge on any atom is -0.478 e. The van der Waals surface area contributed by atoms with Gasteiger partial charge in [-0.05, 0) is 60.8 Å². The number of halogens is 1. The molecule has 0 amide bonds. The van der Waals surface area contributed by atoms with Crippen LogP contribution in [0.3, 0.4) is 0 Å². The van der Waals surface area contributed by atoms with Gasteiger partial charge in [-0.1, -0.05) is 0 Å². The Morgan fingerprint density at radius 1 is 1.38 bits per heavy atom. The lowest BCUT2D eigenvalue weighted by Crippen LogP contribution is -2.35. The molecule has 0 saturated heterocycles. The molecule has 0 aromatic heterocycles. The highest BCUT2D eigenvalue weighted by Gasteiger charge is 2.23. The summed E-state index contributed by atoms with van der Waals surface area (Å²) in [7, 11) is -3.89. The largest absolute Gasteiger partial charge is 0.478 e. The van der Waals surface area contributed by atoms with Crippen LogP contribution in [0.25, 0.3) is 0 Å². The lowest BCUT2D eigenvalue weighted by Gasteiger charge is -2.17. The number of aliphatic hydroxyl groups is 1. The van der Waals surface area contributed by atoms with Crippen molar-refractivity contribution in [3.63, 3.8) is 0 Å². The first-order valence-corrected chi connectivity index (χ1v) is 8.56. The molecule has 1 rings (SSSR count). The summed E-state index contributed by atoms with van der Waals surface area (Å²) in [5.41, 5.74) is 0.415. The number of benzene rings is 1. The highest BCUT2D eigenvalue weighted by atomic mass is 79.9. The standard InChI is InChI=1S/C13H18BrNO5S/c1-7-4-10(13(17)18)6-11(12(7)14)21(19,20)15-8(2)5-9(3)16/h4,6,8-9,15-16H,5H2,1-3H3,(H,17,18). The summed E-state index contributed by atoms with van der Waals surface area (Å²) in [6, 6.07) is 2.03. The van der Waals surface area contributed by atoms with Gasteiger partial charge in [0, 0.05) is 10.5 Å². The smallest absolute Gasteiger partial charge is 0.335 e. The highest BCUT2D eigenvalue weighted by Crippen LogP contribution is 2.27. The van der Waals surface area contributed by atoms with E-state index in [2.05, 4.69) is 20.7 Å². The predicted molar refractivity (Wildman–Crippen MR) is 81.9 cm³/mol. The summed E-state index contributed by atoms with van der Waals surface area (Å²) in [5.74, 6) is -1.20. The van der Waals surface area contributed by atoms with Crippen molar-refractivity contribution in [2.24, 2.45) is 0 Å². The van der Waals surface area contributed by atoms with Gasteiger partial charge in [0.1, 0.15) is 0 Å². The predicted octanol–water partition coefficient (Wildman–Crippen LogP) is 1.89. The minimum atomic E-state index is -3.89. The van der Waals surface area contributed by atoms with Crippen LogP contribution in [0.15, 0.2) is 21.5 Å². The van der Waals surface area contributed by atoms with Crippen molar-refractivity contribution in [2.45, 2.75) is 44.2 Å². The van der Waals surface area contributed by atoms with Crippen LogP contribution in [0.1, 0.15) is 36.2 Å². The number of nitrogens with one attached hydrogen (secondary N) is 1. The minimum absolute atomic E-state index is 0.0979. The topological polar surface area (TPSA) is 104 Å². The molecule has 3 N–H and O–H groups in total. The number of carbonyl (C=O) groups is 1. The highest BCUT2D eigenvalue weighted by molar-refractivity contribution is 9.10. The fourth-order valence-corrected chi connectivity index (χ4v) is 4.24. The van der Waals surface area contributed by atoms with E-state index >= 15 is 0 Å². The van der Waals surface area contributed by atoms with Crippen molar-refractivity contribution < 1.29 is 23.4 Å². The molecule has 0 spiro atoms. The molecule has 0 saturated carbocycles. The second-order valence-electron chi connectivity index (χ2n) is 5.02. The third-order valence-electron chi connectivity index (χ3n) is 2.81. The number of rotatable bonds is 6. The summed E-state index contributed by atoms with van der Waals surface area (Å²) < 4.78 is 27.5. The molecule has 0 fully saturated rings. The number of aliphatic hydroxyl groups excluding tert-OH is 1. The van der Waals surface area contributed by atoms with E-state index in [1.807, 2.05) is 0 Å². The molecular weight excluding hydrogens is 362 g/mol. The Morgan fingerprint density at radius 3 is 2.43 bits per heavy atom. The Kier molecular flexibility index (Phi) is 5.92. The Labute approximate surface area is 132 Å². The van der Waals surface area contributed by atoms with E-state index in [0.717, 1.165) is 6.07 Å². The van der Waals surface area contributed by atoms with E-state index < -0.39 is 28.1 Å². The third kappa shape index (κ3) is 4.77. The average molecular weight is 380 g/mol. The second-order valence-corrected chi connectivity index (χ2v) is 7.49. The maximum absolute atomic E-state index is 12.4. The Bertz CT molecular complexity index is 642. The van der Waals surface area contributed by atoms with Crippen LogP contribution in [0, 0.1) is 6.92 Å². The molecule has 0 heterocycles. The summed E-state index contributed by atoms with van der Waals surface area (Å²) in [6.45, 7) is 4.82. The van der Waals surface area contributed by atoms with E-state index in [1.165, 1.54) is 6.07 Å². The summed E-state index contributed by atoms with van der Waals surface area (Å²) >= 11 is 3.18. The van der Waals surface area contributed by atoms with Crippen molar-refractivity contribution in [1.29, 1.82) is 0 Å². The van der Waals surface area contributed by atoms with E-state index in [-0.39, 0.29) is 16.9 Å². The number of aryl methyl sites for hydroxylation is 1. The van der Waals surface area contributed by atoms with Crippen molar-refractivity contribution in [1.82, 2.24) is 4.72 Å². The van der Waals surface area contributed by atoms with Gasteiger partial charge in [0.05, 0.1) is 16.6 Å². The Balaban J connectivity index is 3.22. The molecule has 21 heavy (non-hydrogen) atoms. The average Bonchev–Trinajstić information content (AvgIpc) is 2.29. The normalized spacial score (nSPS) is 14.7. The first-order chi connectivity index (χ1) is 9.54. The van der Waals surface area contributed by atoms with Gasteiger partial charge in [-0.2, -0.15) is 0 Å². The Hall–Kier alpha value is -0.960. The molecule has 0 radical (unpaired) electrons. The van der Waals surface area contributed by atoms with Gasteiger partial charge < -0.3 is 10.2 Å². The number of hydrogen-bond donors (Lipinski definition) is 3. The molecule has 2 atom stereocenters. The molecule has 0 aliphatic heterocycles. The summed E-state index contributed by atoms with van der Waals surface area (Å²) in [6.07, 6.45) is -0.382. The van der Waals surface area contributed by atoms with Crippen LogP contribution in [0.2, 0.25) is 0 Å². The van der Waals surface area contributed by atoms with Gasteiger partial charge in [-0.3, -0.25) is 0 Å². The van der Waals surface area contributed by atoms with Crippen molar-refractivity contribution in [3.05, 3.63) is 27.7 Å². The molecule has 2 unspecified atom stereocenters. The number of sulfonamides is 1. The molecule has 0 aliphatic carbocycles. The van der Waals surface area contributed by atoms with Gasteiger partial charge in [0.25, 0.3) is 0 Å². The molecular formula is C13H18BrNO5S. The first kappa shape index (κ1) is 18.1. The van der Waals surface area contributed by atoms with Crippen LogP contribution in [0.5, 0.6) is 0 Å². The zero-order chi connectivity index (χ0) is 16.4. The maximum Gasteiger partial charge on any atom is 0.335 e. The fraction of sp³-hybridized carbons (Fsp3) is 0.462. The maximum atomic E-state index is 12.4. The quantitative estimate of drug-likeness (QED) is 0.699. The number of carboxylic acid groups (broad SMARTS) is 1. The number of aromatic carboxylic acids is 1. The van der Waals surface area contributed by atoms with Crippen molar-refractivity contribution in [2.75, 3.05) is 0 Å². The SMILES string of the molecule is Cc1cc(C(=O)O)cc(S(=O)(=O)NC(C)CC(C)O)c1Br. The lowest BCUT2D eigenvalue weighted by molar-refractivity contribution is 0.0696. The second kappa shape index (κ2) is 6.87. The van der Waals surface area contributed by atoms with Gasteiger partial charge >= 0.3 is 5.97 Å². The van der Waals surface area contributed by atoms with Gasteiger partial charge in [0.15, 0.2) is 0 Å². The zero-order valence-electron chi connectivity index (χ0n) is 11.9. The molecule has 6 nitrogen and oxygen atoms in total. The van der Waals surface area contributed by atoms with Crippen LogP contribution >= 0.6 is 15.9 Å². The van der Waals surface area contributed by atoms with E-state index in [0.29, 0.717) is 10.0 Å². The van der Waals surface area contributed by atoms with Crippen molar-refractivity contribution >= 4 is 31.9 Å². The summed E-state index contributed by atoms with van der Waals surface area (Å²) in [4.78, 5) is 10.9. The number of hydrogen-bond acceptors (Lipinski definition) is 4. The fourth-order valence-electron chi connectivity index (χ4n) is 1.94. The summed E-state index contributed by atoms with van der Waals surface area (Å²) in [5, 5.41) is 18.3. The molecule has 1 aromatic carbocycles. The van der Waals surface area contributed by atoms with Crippen LogP contribution in [0.4, 0.5) is 0 Å². The Morgan fingerprint density at radius 2 is 1.95 bits per heavy atom. The molecule has 0 aliphatic rings. The first-order valence-electron chi connectivity index (χ1n) is 6.28. The molecule has 1 aromatic rings. The van der Waals surface area contributed by atoms with Gasteiger partial charge in [-0.25, -0.2) is 17.9 Å². The van der Waals surface area contributed by atoms with Gasteiger partial charge in [0.2, 0.25) is 10.0 Å². The van der Waals surface area contributed by atoms with Crippen molar-refractivity contribution in [3.8, 4) is 0 Å². The molecule has 8 heteroatoms. The van der Waals surface area contributed by atoms with E-state index in [4.69, 9.17) is 5.11 Å². The number of carboxylic acids is 1. The molecule has 118 valence electrons. The van der Waals surface area contributed by atoms with E-state index in [1.54, 1.807) is 20.8 Å². The van der Waals surface area contributed by atoms with E-state index in [9.17, 15) is 18.3 Å². The third-order valence-corrected chi connectivity index (χ3v) is 5.74. The van der Waals surface area contributed by atoms with Crippen LogP contribution in [-0.4, -0.2) is 36.7 Å². The molecule has 0 bridgehead atoms. The van der Waals surface area contributed by atoms with Crippen LogP contribution in [-0.2, 0) is 10.0 Å². The monoisotopic (exact) mass is 379 g/mol. The van der Waals surface area contributed by atoms with Gasteiger partial charge in [-0.15, -0.1) is 0 Å².